The standard InChI is InChI=1S/C17H25N7O3/c1-20-14-13(15(26)21(2)17(20)27)18-16(19-14)24-9-7-23(8-10-24)12(25)11-22-5-3-4-6-22/h3-11H2,1-2H3,(H,18,19)/p+1. The highest BCUT2D eigenvalue weighted by Gasteiger charge is 2.27. The monoisotopic (exact) mass is 376 g/mol. The fraction of sp³-hybridized carbons (Fsp3) is 0.647. The van der Waals surface area contributed by atoms with Crippen molar-refractivity contribution < 1.29 is 9.69 Å². The lowest BCUT2D eigenvalue weighted by Gasteiger charge is -2.34. The van der Waals surface area contributed by atoms with Crippen LogP contribution in [0.2, 0.25) is 0 Å². The van der Waals surface area contributed by atoms with E-state index in [4.69, 9.17) is 0 Å². The predicted octanol–water partition coefficient (Wildman–Crippen LogP) is -2.71. The van der Waals surface area contributed by atoms with Crippen LogP contribution >= 0.6 is 0 Å². The van der Waals surface area contributed by atoms with Crippen molar-refractivity contribution >= 4 is 23.0 Å². The van der Waals surface area contributed by atoms with Crippen molar-refractivity contribution in [2.45, 2.75) is 12.8 Å². The molecule has 0 aliphatic carbocycles. The van der Waals surface area contributed by atoms with Crippen molar-refractivity contribution in [1.29, 1.82) is 0 Å². The first-order chi connectivity index (χ1) is 13.0. The molecule has 0 unspecified atom stereocenters. The van der Waals surface area contributed by atoms with E-state index < -0.39 is 5.69 Å². The van der Waals surface area contributed by atoms with Gasteiger partial charge < -0.3 is 19.7 Å². The lowest BCUT2D eigenvalue weighted by atomic mass is 10.3. The highest BCUT2D eigenvalue weighted by Crippen LogP contribution is 2.15. The molecular weight excluding hydrogens is 350 g/mol. The minimum Gasteiger partial charge on any atom is -0.339 e. The van der Waals surface area contributed by atoms with Gasteiger partial charge in [-0.25, -0.2) is 4.79 Å². The zero-order valence-corrected chi connectivity index (χ0v) is 15.8. The molecule has 0 aromatic carbocycles. The van der Waals surface area contributed by atoms with Crippen molar-refractivity contribution in [2.75, 3.05) is 50.7 Å². The number of carbonyl (C=O) groups is 1. The molecule has 1 amide bonds. The Bertz CT molecular complexity index is 975. The average Bonchev–Trinajstić information content (AvgIpc) is 3.35. The summed E-state index contributed by atoms with van der Waals surface area (Å²) in [5.41, 5.74) is -0.0976. The Kier molecular flexibility index (Phi) is 4.50. The second kappa shape index (κ2) is 6.84. The fourth-order valence-electron chi connectivity index (χ4n) is 4.01. The number of piperazine rings is 1. The van der Waals surface area contributed by atoms with Crippen molar-refractivity contribution in [3.05, 3.63) is 20.8 Å². The summed E-state index contributed by atoms with van der Waals surface area (Å²) < 4.78 is 2.44. The SMILES string of the molecule is Cn1c(=O)c2[nH]c(N3CCN(C(=O)C[NH+]4CCCC4)CC3)nc2n(C)c1=O. The Hall–Kier alpha value is -2.62. The molecule has 0 radical (unpaired) electrons. The Balaban J connectivity index is 1.47. The summed E-state index contributed by atoms with van der Waals surface area (Å²) in [7, 11) is 3.06. The second-order valence-corrected chi connectivity index (χ2v) is 7.47. The summed E-state index contributed by atoms with van der Waals surface area (Å²) in [6, 6.07) is 0. The Morgan fingerprint density at radius 2 is 1.74 bits per heavy atom. The van der Waals surface area contributed by atoms with E-state index >= 15 is 0 Å². The molecule has 2 aliphatic heterocycles. The maximum atomic E-state index is 12.5. The van der Waals surface area contributed by atoms with Crippen LogP contribution in [0, 0.1) is 0 Å². The molecule has 2 aromatic rings. The molecule has 4 heterocycles. The Labute approximate surface area is 156 Å². The maximum absolute atomic E-state index is 12.5. The number of nitrogens with zero attached hydrogens (tertiary/aromatic N) is 5. The van der Waals surface area contributed by atoms with Crippen LogP contribution in [-0.2, 0) is 18.9 Å². The first kappa shape index (κ1) is 17.8. The summed E-state index contributed by atoms with van der Waals surface area (Å²) in [5, 5.41) is 0. The summed E-state index contributed by atoms with van der Waals surface area (Å²) in [6.07, 6.45) is 2.43. The van der Waals surface area contributed by atoms with Gasteiger partial charge >= 0.3 is 5.69 Å². The van der Waals surface area contributed by atoms with E-state index in [9.17, 15) is 14.4 Å². The minimum atomic E-state index is -0.398. The number of quaternary nitrogens is 1. The third kappa shape index (κ3) is 3.14. The summed E-state index contributed by atoms with van der Waals surface area (Å²) in [5.74, 6) is 0.785. The van der Waals surface area contributed by atoms with Gasteiger partial charge in [0, 0.05) is 53.1 Å². The van der Waals surface area contributed by atoms with Gasteiger partial charge in [0.1, 0.15) is 0 Å². The zero-order chi connectivity index (χ0) is 19.1. The lowest BCUT2D eigenvalue weighted by molar-refractivity contribution is -0.879. The van der Waals surface area contributed by atoms with E-state index in [-0.39, 0.29) is 11.5 Å². The number of likely N-dealkylation sites (tertiary alicyclic amines) is 1. The largest absolute Gasteiger partial charge is 0.339 e. The van der Waals surface area contributed by atoms with E-state index in [1.54, 1.807) is 7.05 Å². The fourth-order valence-corrected chi connectivity index (χ4v) is 4.01. The molecule has 0 saturated carbocycles. The Morgan fingerprint density at radius 3 is 2.41 bits per heavy atom. The van der Waals surface area contributed by atoms with Crippen LogP contribution in [0.25, 0.3) is 11.2 Å². The number of hydrogen-bond acceptors (Lipinski definition) is 5. The second-order valence-electron chi connectivity index (χ2n) is 7.47. The molecule has 2 aromatic heterocycles. The van der Waals surface area contributed by atoms with Crippen molar-refractivity contribution in [3.63, 3.8) is 0 Å². The minimum absolute atomic E-state index is 0.215. The summed E-state index contributed by atoms with van der Waals surface area (Å²) in [4.78, 5) is 49.7. The normalized spacial score (nSPS) is 18.6. The zero-order valence-electron chi connectivity index (χ0n) is 15.8. The van der Waals surface area contributed by atoms with Crippen LogP contribution in [0.15, 0.2) is 9.59 Å². The summed E-state index contributed by atoms with van der Waals surface area (Å²) >= 11 is 0. The highest BCUT2D eigenvalue weighted by molar-refractivity contribution is 5.77. The topological polar surface area (TPSA) is 101 Å². The van der Waals surface area contributed by atoms with Gasteiger partial charge in [-0.1, -0.05) is 0 Å². The Morgan fingerprint density at radius 1 is 1.07 bits per heavy atom. The first-order valence-corrected chi connectivity index (χ1v) is 9.47. The third-order valence-corrected chi connectivity index (χ3v) is 5.73. The van der Waals surface area contributed by atoms with Gasteiger partial charge in [-0.3, -0.25) is 18.7 Å². The van der Waals surface area contributed by atoms with Crippen LogP contribution in [0.4, 0.5) is 5.95 Å². The number of aromatic nitrogens is 4. The molecule has 2 fully saturated rings. The molecule has 10 nitrogen and oxygen atoms in total. The van der Waals surface area contributed by atoms with Crippen LogP contribution in [-0.4, -0.2) is 75.7 Å². The molecular formula is C17H26N7O3+. The number of aromatic amines is 1. The molecule has 0 spiro atoms. The van der Waals surface area contributed by atoms with Crippen LogP contribution in [0.3, 0.4) is 0 Å². The predicted molar refractivity (Wildman–Crippen MR) is 100 cm³/mol. The number of imidazole rings is 1. The molecule has 2 N–H and O–H groups in total. The van der Waals surface area contributed by atoms with Crippen LogP contribution in [0.1, 0.15) is 12.8 Å². The smallest absolute Gasteiger partial charge is 0.332 e. The molecule has 27 heavy (non-hydrogen) atoms. The summed E-state index contributed by atoms with van der Waals surface area (Å²) in [6.45, 7) is 5.35. The molecule has 2 saturated heterocycles. The first-order valence-electron chi connectivity index (χ1n) is 9.47. The number of carbonyl (C=O) groups excluding carboxylic acids is 1. The van der Waals surface area contributed by atoms with Crippen molar-refractivity contribution in [3.8, 4) is 0 Å². The molecule has 0 atom stereocenters. The maximum Gasteiger partial charge on any atom is 0.332 e. The van der Waals surface area contributed by atoms with Crippen molar-refractivity contribution in [1.82, 2.24) is 24.0 Å². The number of hydrogen-bond donors (Lipinski definition) is 2. The van der Waals surface area contributed by atoms with Gasteiger partial charge in [-0.2, -0.15) is 4.98 Å². The molecule has 0 bridgehead atoms. The quantitative estimate of drug-likeness (QED) is 0.607. The van der Waals surface area contributed by atoms with Gasteiger partial charge in [0.15, 0.2) is 17.7 Å². The third-order valence-electron chi connectivity index (χ3n) is 5.73. The van der Waals surface area contributed by atoms with Crippen molar-refractivity contribution in [2.24, 2.45) is 14.1 Å². The van der Waals surface area contributed by atoms with Gasteiger partial charge in [-0.05, 0) is 0 Å². The van der Waals surface area contributed by atoms with Gasteiger partial charge in [-0.15, -0.1) is 0 Å². The van der Waals surface area contributed by atoms with E-state index in [2.05, 4.69) is 9.97 Å². The number of nitrogens with one attached hydrogen (secondary N) is 2. The van der Waals surface area contributed by atoms with Crippen LogP contribution < -0.4 is 21.0 Å². The van der Waals surface area contributed by atoms with E-state index in [1.807, 2.05) is 9.80 Å². The number of H-pyrrole nitrogens is 1. The van der Waals surface area contributed by atoms with E-state index in [1.165, 1.54) is 29.4 Å². The molecule has 10 heteroatoms. The number of rotatable bonds is 3. The molecule has 2 aliphatic rings. The average molecular weight is 376 g/mol. The number of aryl methyl sites for hydroxylation is 1. The molecule has 4 rings (SSSR count). The van der Waals surface area contributed by atoms with Gasteiger partial charge in [0.05, 0.1) is 13.1 Å². The van der Waals surface area contributed by atoms with E-state index in [0.717, 1.165) is 17.7 Å². The van der Waals surface area contributed by atoms with E-state index in [0.29, 0.717) is 49.8 Å². The molecule has 146 valence electrons. The van der Waals surface area contributed by atoms with Gasteiger partial charge in [0.2, 0.25) is 5.95 Å². The number of anilines is 1. The number of amides is 1. The number of fused-ring (bicyclic) bond motifs is 1. The highest BCUT2D eigenvalue weighted by atomic mass is 16.2. The van der Waals surface area contributed by atoms with Gasteiger partial charge in [0.25, 0.3) is 11.5 Å². The van der Waals surface area contributed by atoms with Crippen LogP contribution in [0.5, 0.6) is 0 Å². The lowest BCUT2D eigenvalue weighted by Crippen LogP contribution is -3.11.